The monoisotopic (exact) mass is 333 g/mol. The molecule has 1 heterocycles. The molecule has 0 unspecified atom stereocenters. The van der Waals surface area contributed by atoms with Gasteiger partial charge in [0.15, 0.2) is 0 Å². The maximum Gasteiger partial charge on any atom is 0.307 e. The Balaban J connectivity index is 1.88. The smallest absolute Gasteiger partial charge is 0.307 e. The summed E-state index contributed by atoms with van der Waals surface area (Å²) in [5.74, 6) is 1.25. The van der Waals surface area contributed by atoms with E-state index >= 15 is 0 Å². The number of rotatable bonds is 4. The Labute approximate surface area is 135 Å². The second-order valence-corrected chi connectivity index (χ2v) is 6.13. The van der Waals surface area contributed by atoms with Gasteiger partial charge in [-0.15, -0.1) is 0 Å². The summed E-state index contributed by atoms with van der Waals surface area (Å²) >= 11 is 6.85. The number of para-hydroxylation sites is 1. The lowest BCUT2D eigenvalue weighted by molar-refractivity contribution is 0.450. The minimum absolute atomic E-state index is 0.0868. The zero-order valence-electron chi connectivity index (χ0n) is 11.4. The van der Waals surface area contributed by atoms with Gasteiger partial charge < -0.3 is 9.84 Å². The third kappa shape index (κ3) is 3.32. The number of halogens is 1. The van der Waals surface area contributed by atoms with E-state index in [1.165, 1.54) is 0 Å². The fourth-order valence-corrected chi connectivity index (χ4v) is 2.90. The van der Waals surface area contributed by atoms with E-state index in [2.05, 4.69) is 4.98 Å². The topological polar surface area (TPSA) is 62.3 Å². The first-order valence-electron chi connectivity index (χ1n) is 6.54. The molecule has 0 saturated carbocycles. The van der Waals surface area contributed by atoms with E-state index in [0.29, 0.717) is 27.8 Å². The lowest BCUT2D eigenvalue weighted by atomic mass is 10.1. The molecule has 0 atom stereocenters. The maximum absolute atomic E-state index is 11.3. The number of H-pyrrole nitrogens is 1. The van der Waals surface area contributed by atoms with Gasteiger partial charge in [-0.05, 0) is 30.3 Å². The number of hydrogen-bond acceptors (Lipinski definition) is 4. The molecule has 0 bridgehead atoms. The van der Waals surface area contributed by atoms with E-state index in [-0.39, 0.29) is 10.8 Å². The first kappa shape index (κ1) is 14.7. The van der Waals surface area contributed by atoms with Crippen LogP contribution in [0.3, 0.4) is 0 Å². The summed E-state index contributed by atoms with van der Waals surface area (Å²) in [5, 5.41) is 10.3. The van der Waals surface area contributed by atoms with Crippen molar-refractivity contribution in [1.82, 2.24) is 4.98 Å². The quantitative estimate of drug-likeness (QED) is 0.753. The molecule has 22 heavy (non-hydrogen) atoms. The van der Waals surface area contributed by atoms with Crippen molar-refractivity contribution in [3.8, 4) is 17.4 Å². The summed E-state index contributed by atoms with van der Waals surface area (Å²) in [5.41, 5.74) is 0.878. The van der Waals surface area contributed by atoms with Crippen LogP contribution in [0.25, 0.3) is 0 Å². The Morgan fingerprint density at radius 3 is 2.55 bits per heavy atom. The van der Waals surface area contributed by atoms with Crippen LogP contribution >= 0.6 is 22.9 Å². The first-order chi connectivity index (χ1) is 10.6. The minimum atomic E-state index is -0.274. The molecular weight excluding hydrogens is 322 g/mol. The fraction of sp³-hybridized carbons (Fsp3) is 0.0625. The molecule has 2 N–H and O–H groups in total. The van der Waals surface area contributed by atoms with E-state index in [4.69, 9.17) is 16.3 Å². The largest absolute Gasteiger partial charge is 0.494 e. The standard InChI is InChI=1S/C16H12ClNO3S/c17-11-5-7-12(8-6-11)21-13-4-2-1-3-10(13)9-14-15(19)18-16(20)22-14/h1-8,19H,9H2,(H,18,20). The highest BCUT2D eigenvalue weighted by Gasteiger charge is 2.11. The molecule has 0 saturated heterocycles. The van der Waals surface area contributed by atoms with E-state index in [1.807, 2.05) is 24.3 Å². The average molecular weight is 334 g/mol. The van der Waals surface area contributed by atoms with Gasteiger partial charge in [0.2, 0.25) is 5.88 Å². The zero-order chi connectivity index (χ0) is 15.5. The Kier molecular flexibility index (Phi) is 4.18. The van der Waals surface area contributed by atoms with Gasteiger partial charge in [0.1, 0.15) is 11.5 Å². The highest BCUT2D eigenvalue weighted by Crippen LogP contribution is 2.30. The zero-order valence-corrected chi connectivity index (χ0v) is 12.9. The molecule has 0 amide bonds. The molecule has 0 spiro atoms. The summed E-state index contributed by atoms with van der Waals surface area (Å²) in [6.45, 7) is 0. The normalized spacial score (nSPS) is 10.6. The molecule has 0 radical (unpaired) electrons. The van der Waals surface area contributed by atoms with Crippen molar-refractivity contribution in [3.63, 3.8) is 0 Å². The molecule has 6 heteroatoms. The van der Waals surface area contributed by atoms with Crippen LogP contribution in [0.15, 0.2) is 53.3 Å². The van der Waals surface area contributed by atoms with Gasteiger partial charge in [-0.2, -0.15) is 0 Å². The van der Waals surface area contributed by atoms with Crippen molar-refractivity contribution in [2.75, 3.05) is 0 Å². The van der Waals surface area contributed by atoms with Crippen molar-refractivity contribution < 1.29 is 9.84 Å². The van der Waals surface area contributed by atoms with Crippen LogP contribution < -0.4 is 9.61 Å². The van der Waals surface area contributed by atoms with Gasteiger partial charge in [0.25, 0.3) is 0 Å². The summed E-state index contributed by atoms with van der Waals surface area (Å²) in [7, 11) is 0. The van der Waals surface area contributed by atoms with E-state index in [1.54, 1.807) is 24.3 Å². The summed E-state index contributed by atoms with van der Waals surface area (Å²) < 4.78 is 5.86. The van der Waals surface area contributed by atoms with Gasteiger partial charge in [-0.1, -0.05) is 41.1 Å². The van der Waals surface area contributed by atoms with Crippen LogP contribution in [-0.4, -0.2) is 10.1 Å². The highest BCUT2D eigenvalue weighted by molar-refractivity contribution is 7.09. The Hall–Kier alpha value is -2.24. The second-order valence-electron chi connectivity index (χ2n) is 4.63. The molecule has 2 aromatic carbocycles. The van der Waals surface area contributed by atoms with E-state index in [0.717, 1.165) is 16.9 Å². The highest BCUT2D eigenvalue weighted by atomic mass is 35.5. The van der Waals surface area contributed by atoms with Gasteiger partial charge in [-0.3, -0.25) is 9.78 Å². The van der Waals surface area contributed by atoms with Gasteiger partial charge >= 0.3 is 4.87 Å². The maximum atomic E-state index is 11.3. The van der Waals surface area contributed by atoms with Gasteiger partial charge in [0, 0.05) is 17.0 Å². The van der Waals surface area contributed by atoms with Crippen LogP contribution in [0, 0.1) is 0 Å². The second kappa shape index (κ2) is 6.25. The Morgan fingerprint density at radius 2 is 1.86 bits per heavy atom. The Bertz CT molecular complexity index is 839. The number of aromatic nitrogens is 1. The predicted octanol–water partition coefficient (Wildman–Crippen LogP) is 4.18. The summed E-state index contributed by atoms with van der Waals surface area (Å²) in [6, 6.07) is 14.6. The van der Waals surface area contributed by atoms with Crippen LogP contribution in [0.2, 0.25) is 5.02 Å². The third-order valence-corrected chi connectivity index (χ3v) is 4.19. The molecule has 0 aliphatic rings. The van der Waals surface area contributed by atoms with E-state index < -0.39 is 0 Å². The first-order valence-corrected chi connectivity index (χ1v) is 7.73. The number of nitrogens with one attached hydrogen (secondary N) is 1. The van der Waals surface area contributed by atoms with Crippen LogP contribution in [0.5, 0.6) is 17.4 Å². The third-order valence-electron chi connectivity index (χ3n) is 3.07. The summed E-state index contributed by atoms with van der Waals surface area (Å²) in [4.78, 5) is 13.9. The van der Waals surface area contributed by atoms with Crippen LogP contribution in [0.4, 0.5) is 0 Å². The SMILES string of the molecule is O=c1[nH]c(O)c(Cc2ccccc2Oc2ccc(Cl)cc2)s1. The molecule has 112 valence electrons. The average Bonchev–Trinajstić information content (AvgIpc) is 2.81. The van der Waals surface area contributed by atoms with Gasteiger partial charge in [0.05, 0.1) is 4.88 Å². The van der Waals surface area contributed by atoms with Crippen LogP contribution in [0.1, 0.15) is 10.4 Å². The minimum Gasteiger partial charge on any atom is -0.494 e. The Morgan fingerprint density at radius 1 is 1.14 bits per heavy atom. The molecule has 3 rings (SSSR count). The van der Waals surface area contributed by atoms with E-state index in [9.17, 15) is 9.90 Å². The van der Waals surface area contributed by atoms with Gasteiger partial charge in [-0.25, -0.2) is 0 Å². The lowest BCUT2D eigenvalue weighted by Gasteiger charge is -2.10. The fourth-order valence-electron chi connectivity index (χ4n) is 2.02. The number of aromatic amines is 1. The number of thiazole rings is 1. The molecule has 4 nitrogen and oxygen atoms in total. The lowest BCUT2D eigenvalue weighted by Crippen LogP contribution is -1.92. The number of hydrogen-bond donors (Lipinski definition) is 2. The van der Waals surface area contributed by atoms with Crippen molar-refractivity contribution >= 4 is 22.9 Å². The molecule has 1 aromatic heterocycles. The number of aromatic hydroxyl groups is 1. The molecule has 3 aromatic rings. The van der Waals surface area contributed by atoms with Crippen molar-refractivity contribution in [2.45, 2.75) is 6.42 Å². The molecule has 0 aliphatic heterocycles. The number of ether oxygens (including phenoxy) is 1. The van der Waals surface area contributed by atoms with Crippen molar-refractivity contribution in [2.24, 2.45) is 0 Å². The predicted molar refractivity (Wildman–Crippen MR) is 87.4 cm³/mol. The molecule has 0 fully saturated rings. The summed E-state index contributed by atoms with van der Waals surface area (Å²) in [6.07, 6.45) is 0.416. The molecule has 0 aliphatic carbocycles. The number of benzene rings is 2. The molecular formula is C16H12ClNO3S. The van der Waals surface area contributed by atoms with Crippen molar-refractivity contribution in [1.29, 1.82) is 0 Å². The van der Waals surface area contributed by atoms with Crippen molar-refractivity contribution in [3.05, 3.63) is 73.7 Å². The van der Waals surface area contributed by atoms with Crippen LogP contribution in [-0.2, 0) is 6.42 Å².